The molecule has 1 aromatic carbocycles. The summed E-state index contributed by atoms with van der Waals surface area (Å²) >= 11 is 0. The van der Waals surface area contributed by atoms with Crippen LogP contribution < -0.4 is 15.4 Å². The Morgan fingerprint density at radius 2 is 1.87 bits per heavy atom. The second kappa shape index (κ2) is 11.5. The van der Waals surface area contributed by atoms with Gasteiger partial charge in [-0.25, -0.2) is 0 Å². The van der Waals surface area contributed by atoms with Gasteiger partial charge in [-0.1, -0.05) is 0 Å². The Bertz CT molecular complexity index is 451. The summed E-state index contributed by atoms with van der Waals surface area (Å²) in [6.07, 6.45) is 2.59. The fourth-order valence-corrected chi connectivity index (χ4v) is 1.90. The minimum absolute atomic E-state index is 0. The van der Waals surface area contributed by atoms with Crippen LogP contribution in [-0.4, -0.2) is 51.1 Å². The van der Waals surface area contributed by atoms with Crippen molar-refractivity contribution in [3.05, 3.63) is 24.3 Å². The number of nitrogens with one attached hydrogen (secondary N) is 2. The molecule has 0 unspecified atom stereocenters. The average Bonchev–Trinajstić information content (AvgIpc) is 3.24. The van der Waals surface area contributed by atoms with E-state index in [1.54, 1.807) is 0 Å². The minimum atomic E-state index is -0.00285. The molecule has 0 atom stereocenters. The summed E-state index contributed by atoms with van der Waals surface area (Å²) in [5.41, 5.74) is 0.799. The van der Waals surface area contributed by atoms with Gasteiger partial charge in [0.25, 0.3) is 0 Å². The maximum atomic E-state index is 11.7. The zero-order valence-corrected chi connectivity index (χ0v) is 15.3. The highest BCUT2D eigenvalue weighted by Crippen LogP contribution is 2.27. The predicted molar refractivity (Wildman–Crippen MR) is 99.2 cm³/mol. The maximum absolute atomic E-state index is 11.7. The Morgan fingerprint density at radius 3 is 2.43 bits per heavy atom. The first-order valence-electron chi connectivity index (χ1n) is 7.51. The van der Waals surface area contributed by atoms with Crippen molar-refractivity contribution in [3.63, 3.8) is 0 Å². The summed E-state index contributed by atoms with van der Waals surface area (Å²) in [4.78, 5) is 13.8. The van der Waals surface area contributed by atoms with Gasteiger partial charge >= 0.3 is 0 Å². The zero-order chi connectivity index (χ0) is 15.1. The van der Waals surface area contributed by atoms with E-state index in [1.807, 2.05) is 38.4 Å². The van der Waals surface area contributed by atoms with Gasteiger partial charge in [0.05, 0.1) is 6.54 Å². The number of amides is 1. The summed E-state index contributed by atoms with van der Waals surface area (Å²) in [5, 5.41) is 6.05. The van der Waals surface area contributed by atoms with Gasteiger partial charge in [0.15, 0.2) is 0 Å². The molecule has 1 aliphatic rings. The van der Waals surface area contributed by atoms with Gasteiger partial charge in [0, 0.05) is 12.2 Å². The Kier molecular flexibility index (Phi) is 11.0. The van der Waals surface area contributed by atoms with Crippen molar-refractivity contribution in [2.24, 2.45) is 5.92 Å². The molecule has 5 nitrogen and oxygen atoms in total. The molecule has 23 heavy (non-hydrogen) atoms. The van der Waals surface area contributed by atoms with Crippen molar-refractivity contribution < 1.29 is 9.53 Å². The van der Waals surface area contributed by atoms with Crippen LogP contribution in [0.3, 0.4) is 0 Å². The molecule has 7 heteroatoms. The number of halogens is 2. The van der Waals surface area contributed by atoms with E-state index in [9.17, 15) is 4.79 Å². The van der Waals surface area contributed by atoms with Crippen molar-refractivity contribution in [2.75, 3.05) is 45.7 Å². The molecule has 1 amide bonds. The normalized spacial score (nSPS) is 13.0. The molecule has 0 spiro atoms. The quantitative estimate of drug-likeness (QED) is 0.707. The topological polar surface area (TPSA) is 53.6 Å². The number of likely N-dealkylation sites (N-methyl/N-ethyl adjacent to an activating group) is 1. The molecular weight excluding hydrogens is 337 g/mol. The third kappa shape index (κ3) is 9.66. The van der Waals surface area contributed by atoms with Crippen LogP contribution >= 0.6 is 24.8 Å². The van der Waals surface area contributed by atoms with Crippen LogP contribution in [0.25, 0.3) is 0 Å². The van der Waals surface area contributed by atoms with Gasteiger partial charge in [-0.05, 0) is 63.7 Å². The first-order valence-corrected chi connectivity index (χ1v) is 7.51. The van der Waals surface area contributed by atoms with E-state index in [0.717, 1.165) is 30.4 Å². The second-order valence-electron chi connectivity index (χ2n) is 5.80. The second-order valence-corrected chi connectivity index (χ2v) is 5.80. The highest BCUT2D eigenvalue weighted by atomic mass is 35.5. The summed E-state index contributed by atoms with van der Waals surface area (Å²) in [6.45, 7) is 2.86. The molecule has 0 radical (unpaired) electrons. The smallest absolute Gasteiger partial charge is 0.238 e. The predicted octanol–water partition coefficient (Wildman–Crippen LogP) is 2.41. The van der Waals surface area contributed by atoms with Crippen LogP contribution in [0.1, 0.15) is 12.8 Å². The molecule has 0 aromatic heterocycles. The van der Waals surface area contributed by atoms with Crippen LogP contribution in [0, 0.1) is 5.92 Å². The standard InChI is InChI=1S/C16H25N3O2.2ClH/c1-19(2)9-10-21-15-7-5-14(6-8-15)18-16(20)12-17-11-13-3-4-13;;/h5-8,13,17H,3-4,9-12H2,1-2H3,(H,18,20);2*1H. The van der Waals surface area contributed by atoms with Gasteiger partial charge in [-0.3, -0.25) is 4.79 Å². The number of ether oxygens (including phenoxy) is 1. The lowest BCUT2D eigenvalue weighted by atomic mass is 10.3. The Balaban J connectivity index is 0.00000242. The van der Waals surface area contributed by atoms with Crippen LogP contribution in [0.5, 0.6) is 5.75 Å². The van der Waals surface area contributed by atoms with Gasteiger partial charge in [0.1, 0.15) is 12.4 Å². The number of nitrogens with zero attached hydrogens (tertiary/aromatic N) is 1. The third-order valence-electron chi connectivity index (χ3n) is 3.36. The van der Waals surface area contributed by atoms with Crippen LogP contribution in [0.4, 0.5) is 5.69 Å². The van der Waals surface area contributed by atoms with Crippen molar-refractivity contribution >= 4 is 36.4 Å². The average molecular weight is 364 g/mol. The SMILES string of the molecule is CN(C)CCOc1ccc(NC(=O)CNCC2CC2)cc1.Cl.Cl. The Morgan fingerprint density at radius 1 is 1.22 bits per heavy atom. The first kappa shape index (κ1) is 22.0. The number of hydrogen-bond acceptors (Lipinski definition) is 4. The lowest BCUT2D eigenvalue weighted by molar-refractivity contribution is -0.115. The highest BCUT2D eigenvalue weighted by Gasteiger charge is 2.20. The third-order valence-corrected chi connectivity index (χ3v) is 3.36. The number of carbonyl (C=O) groups is 1. The van der Waals surface area contributed by atoms with Crippen molar-refractivity contribution in [1.82, 2.24) is 10.2 Å². The lowest BCUT2D eigenvalue weighted by Crippen LogP contribution is -2.29. The van der Waals surface area contributed by atoms with E-state index in [2.05, 4.69) is 15.5 Å². The van der Waals surface area contributed by atoms with Crippen LogP contribution in [-0.2, 0) is 4.79 Å². The number of anilines is 1. The summed E-state index contributed by atoms with van der Waals surface area (Å²) in [7, 11) is 4.03. The fraction of sp³-hybridized carbons (Fsp3) is 0.562. The first-order chi connectivity index (χ1) is 10.1. The molecule has 1 aromatic rings. The molecule has 0 aliphatic heterocycles. The largest absolute Gasteiger partial charge is 0.492 e. The molecular formula is C16H27Cl2N3O2. The van der Waals surface area contributed by atoms with Crippen LogP contribution in [0.2, 0.25) is 0 Å². The molecule has 1 aliphatic carbocycles. The Hall–Kier alpha value is -1.01. The number of carbonyl (C=O) groups excluding carboxylic acids is 1. The van der Waals surface area contributed by atoms with Crippen molar-refractivity contribution in [1.29, 1.82) is 0 Å². The van der Waals surface area contributed by atoms with E-state index in [4.69, 9.17) is 4.74 Å². The molecule has 132 valence electrons. The van der Waals surface area contributed by atoms with E-state index < -0.39 is 0 Å². The summed E-state index contributed by atoms with van der Waals surface area (Å²) in [6, 6.07) is 7.49. The Labute approximate surface area is 151 Å². The molecule has 2 rings (SSSR count). The number of rotatable bonds is 9. The van der Waals surface area contributed by atoms with E-state index in [0.29, 0.717) is 13.2 Å². The molecule has 2 N–H and O–H groups in total. The molecule has 0 heterocycles. The van der Waals surface area contributed by atoms with Gasteiger partial charge < -0.3 is 20.3 Å². The van der Waals surface area contributed by atoms with Gasteiger partial charge in [0.2, 0.25) is 5.91 Å². The van der Waals surface area contributed by atoms with Crippen molar-refractivity contribution in [2.45, 2.75) is 12.8 Å². The highest BCUT2D eigenvalue weighted by molar-refractivity contribution is 5.92. The van der Waals surface area contributed by atoms with Gasteiger partial charge in [-0.2, -0.15) is 0 Å². The molecule has 1 fully saturated rings. The summed E-state index contributed by atoms with van der Waals surface area (Å²) in [5.74, 6) is 1.61. The zero-order valence-electron chi connectivity index (χ0n) is 13.7. The molecule has 0 saturated heterocycles. The number of hydrogen-bond donors (Lipinski definition) is 2. The number of benzene rings is 1. The van der Waals surface area contributed by atoms with E-state index in [-0.39, 0.29) is 30.7 Å². The van der Waals surface area contributed by atoms with Gasteiger partial charge in [-0.15, -0.1) is 24.8 Å². The molecule has 1 saturated carbocycles. The minimum Gasteiger partial charge on any atom is -0.492 e. The van der Waals surface area contributed by atoms with E-state index >= 15 is 0 Å². The molecule has 0 bridgehead atoms. The lowest BCUT2D eigenvalue weighted by Gasteiger charge is -2.11. The fourth-order valence-electron chi connectivity index (χ4n) is 1.90. The maximum Gasteiger partial charge on any atom is 0.238 e. The summed E-state index contributed by atoms with van der Waals surface area (Å²) < 4.78 is 5.61. The van der Waals surface area contributed by atoms with Crippen LogP contribution in [0.15, 0.2) is 24.3 Å². The van der Waals surface area contributed by atoms with E-state index in [1.165, 1.54) is 12.8 Å². The monoisotopic (exact) mass is 363 g/mol. The van der Waals surface area contributed by atoms with Crippen molar-refractivity contribution in [3.8, 4) is 5.75 Å².